The Hall–Kier alpha value is -2.04. The Balaban J connectivity index is 1.79. The molecule has 30 heavy (non-hydrogen) atoms. The summed E-state index contributed by atoms with van der Waals surface area (Å²) >= 11 is 6.41. The van der Waals surface area contributed by atoms with E-state index in [0.717, 1.165) is 59.8 Å². The molecule has 1 heterocycles. The fourth-order valence-corrected chi connectivity index (χ4v) is 4.68. The van der Waals surface area contributed by atoms with Gasteiger partial charge in [-0.15, -0.1) is 0 Å². The van der Waals surface area contributed by atoms with Crippen LogP contribution < -0.4 is 10.1 Å². The second kappa shape index (κ2) is 10.8. The van der Waals surface area contributed by atoms with Gasteiger partial charge < -0.3 is 10.1 Å². The highest BCUT2D eigenvalue weighted by Crippen LogP contribution is 2.32. The zero-order valence-corrected chi connectivity index (χ0v) is 19.1. The normalized spacial score (nSPS) is 17.4. The number of likely N-dealkylation sites (tertiary alicyclic amines) is 1. The highest BCUT2D eigenvalue weighted by atomic mass is 35.5. The number of amides is 1. The second-order valence-corrected chi connectivity index (χ2v) is 8.33. The van der Waals surface area contributed by atoms with Crippen LogP contribution in [0.5, 0.6) is 5.75 Å². The van der Waals surface area contributed by atoms with Crippen molar-refractivity contribution < 1.29 is 9.53 Å². The van der Waals surface area contributed by atoms with Crippen LogP contribution in [-0.4, -0.2) is 31.0 Å². The number of nitrogens with one attached hydrogen (secondary N) is 1. The molecule has 1 aliphatic rings. The molecule has 0 bridgehead atoms. The van der Waals surface area contributed by atoms with Gasteiger partial charge in [-0.1, -0.05) is 56.5 Å². The molecule has 4 nitrogen and oxygen atoms in total. The molecule has 3 rings (SSSR count). The summed E-state index contributed by atoms with van der Waals surface area (Å²) in [5.41, 5.74) is 4.30. The van der Waals surface area contributed by atoms with E-state index in [1.807, 2.05) is 24.3 Å². The van der Waals surface area contributed by atoms with Crippen molar-refractivity contribution in [2.75, 3.05) is 25.5 Å². The lowest BCUT2D eigenvalue weighted by Crippen LogP contribution is -2.36. The number of methoxy groups -OCH3 is 1. The Labute approximate surface area is 185 Å². The number of benzene rings is 2. The molecule has 1 unspecified atom stereocenters. The molecular formula is C25H33ClN2O2. The number of hydrogen-bond donors (Lipinski definition) is 1. The van der Waals surface area contributed by atoms with Gasteiger partial charge in [-0.3, -0.25) is 9.69 Å². The van der Waals surface area contributed by atoms with Crippen LogP contribution in [0.2, 0.25) is 5.02 Å². The third-order valence-electron chi connectivity index (χ3n) is 6.05. The average molecular weight is 429 g/mol. The van der Waals surface area contributed by atoms with Crippen LogP contribution in [0, 0.1) is 0 Å². The van der Waals surface area contributed by atoms with Crippen LogP contribution in [0.25, 0.3) is 0 Å². The molecule has 2 aromatic rings. The largest absolute Gasteiger partial charge is 0.497 e. The number of aryl methyl sites for hydroxylation is 1. The first-order valence-electron chi connectivity index (χ1n) is 11.0. The van der Waals surface area contributed by atoms with Crippen molar-refractivity contribution in [3.8, 4) is 5.75 Å². The molecule has 1 amide bonds. The maximum absolute atomic E-state index is 13.1. The molecular weight excluding hydrogens is 396 g/mol. The SMILES string of the molecule is CCc1ccc(Cl)c(CC)c1NC(=O)CN1CCCCCC1c1ccc(OC)cc1. The third-order valence-corrected chi connectivity index (χ3v) is 6.41. The lowest BCUT2D eigenvalue weighted by atomic mass is 10.0. The molecule has 5 heteroatoms. The molecule has 0 radical (unpaired) electrons. The number of carbonyl (C=O) groups excluding carboxylic acids is 1. The predicted octanol–water partition coefficient (Wildman–Crippen LogP) is 6.03. The fraction of sp³-hybridized carbons (Fsp3) is 0.480. The summed E-state index contributed by atoms with van der Waals surface area (Å²) in [6, 6.07) is 12.5. The van der Waals surface area contributed by atoms with E-state index in [-0.39, 0.29) is 11.9 Å². The van der Waals surface area contributed by atoms with Gasteiger partial charge in [0, 0.05) is 16.8 Å². The van der Waals surface area contributed by atoms with E-state index in [2.05, 4.69) is 36.2 Å². The quantitative estimate of drug-likeness (QED) is 0.585. The Kier molecular flexibility index (Phi) is 8.17. The Morgan fingerprint density at radius 3 is 2.53 bits per heavy atom. The minimum Gasteiger partial charge on any atom is -0.497 e. The van der Waals surface area contributed by atoms with Crippen LogP contribution >= 0.6 is 11.6 Å². The van der Waals surface area contributed by atoms with Gasteiger partial charge in [0.25, 0.3) is 0 Å². The first-order chi connectivity index (χ1) is 14.6. The molecule has 2 aromatic carbocycles. The smallest absolute Gasteiger partial charge is 0.238 e. The molecule has 0 spiro atoms. The third kappa shape index (κ3) is 5.35. The van der Waals surface area contributed by atoms with Crippen molar-refractivity contribution >= 4 is 23.2 Å². The molecule has 1 atom stereocenters. The van der Waals surface area contributed by atoms with Gasteiger partial charge in [0.15, 0.2) is 0 Å². The number of carbonyl (C=O) groups is 1. The number of nitrogens with zero attached hydrogens (tertiary/aromatic N) is 1. The first kappa shape index (κ1) is 22.6. The number of ether oxygens (including phenoxy) is 1. The van der Waals surface area contributed by atoms with Crippen molar-refractivity contribution in [1.29, 1.82) is 0 Å². The summed E-state index contributed by atoms with van der Waals surface area (Å²) < 4.78 is 5.30. The van der Waals surface area contributed by atoms with E-state index in [9.17, 15) is 4.79 Å². The van der Waals surface area contributed by atoms with Crippen LogP contribution in [0.3, 0.4) is 0 Å². The highest BCUT2D eigenvalue weighted by Gasteiger charge is 2.25. The molecule has 1 aliphatic heterocycles. The summed E-state index contributed by atoms with van der Waals surface area (Å²) in [7, 11) is 1.68. The zero-order chi connectivity index (χ0) is 21.5. The van der Waals surface area contributed by atoms with Gasteiger partial charge in [0.1, 0.15) is 5.75 Å². The monoisotopic (exact) mass is 428 g/mol. The molecule has 162 valence electrons. The second-order valence-electron chi connectivity index (χ2n) is 7.92. The molecule has 1 fully saturated rings. The van der Waals surface area contributed by atoms with Crippen molar-refractivity contribution in [1.82, 2.24) is 4.90 Å². The highest BCUT2D eigenvalue weighted by molar-refractivity contribution is 6.32. The molecule has 0 aliphatic carbocycles. The van der Waals surface area contributed by atoms with Crippen LogP contribution in [0.4, 0.5) is 5.69 Å². The van der Waals surface area contributed by atoms with Gasteiger partial charge in [-0.2, -0.15) is 0 Å². The molecule has 0 aromatic heterocycles. The summed E-state index contributed by atoms with van der Waals surface area (Å²) in [6.45, 7) is 5.49. The van der Waals surface area contributed by atoms with Crippen molar-refractivity contribution in [2.45, 2.75) is 58.4 Å². The first-order valence-corrected chi connectivity index (χ1v) is 11.4. The van der Waals surface area contributed by atoms with Crippen LogP contribution in [0.1, 0.15) is 62.3 Å². The van der Waals surface area contributed by atoms with Crippen molar-refractivity contribution in [3.05, 3.63) is 58.1 Å². The topological polar surface area (TPSA) is 41.6 Å². The van der Waals surface area contributed by atoms with Crippen molar-refractivity contribution in [3.63, 3.8) is 0 Å². The number of anilines is 1. The number of rotatable bonds is 7. The van der Waals surface area contributed by atoms with E-state index in [1.165, 1.54) is 18.4 Å². The van der Waals surface area contributed by atoms with Gasteiger partial charge in [0.2, 0.25) is 5.91 Å². The van der Waals surface area contributed by atoms with Crippen LogP contribution in [-0.2, 0) is 17.6 Å². The zero-order valence-electron chi connectivity index (χ0n) is 18.3. The van der Waals surface area contributed by atoms with E-state index < -0.39 is 0 Å². The van der Waals surface area contributed by atoms with Gasteiger partial charge >= 0.3 is 0 Å². The predicted molar refractivity (Wildman–Crippen MR) is 125 cm³/mol. The number of hydrogen-bond acceptors (Lipinski definition) is 3. The number of halogens is 1. The van der Waals surface area contributed by atoms with E-state index in [1.54, 1.807) is 7.11 Å². The molecule has 0 saturated carbocycles. The average Bonchev–Trinajstić information content (AvgIpc) is 2.99. The lowest BCUT2D eigenvalue weighted by Gasteiger charge is -2.30. The van der Waals surface area contributed by atoms with Crippen molar-refractivity contribution in [2.24, 2.45) is 0 Å². The minimum atomic E-state index is 0.0297. The van der Waals surface area contributed by atoms with Gasteiger partial charge in [-0.25, -0.2) is 0 Å². The summed E-state index contributed by atoms with van der Waals surface area (Å²) in [6.07, 6.45) is 6.23. The Morgan fingerprint density at radius 1 is 1.10 bits per heavy atom. The summed E-state index contributed by atoms with van der Waals surface area (Å²) in [5, 5.41) is 3.91. The van der Waals surface area contributed by atoms with E-state index in [0.29, 0.717) is 6.54 Å². The Morgan fingerprint density at radius 2 is 1.87 bits per heavy atom. The molecule has 1 saturated heterocycles. The van der Waals surface area contributed by atoms with E-state index in [4.69, 9.17) is 16.3 Å². The van der Waals surface area contributed by atoms with E-state index >= 15 is 0 Å². The summed E-state index contributed by atoms with van der Waals surface area (Å²) in [5.74, 6) is 0.888. The maximum Gasteiger partial charge on any atom is 0.238 e. The van der Waals surface area contributed by atoms with Gasteiger partial charge in [0.05, 0.1) is 13.7 Å². The Bertz CT molecular complexity index is 851. The fourth-order valence-electron chi connectivity index (χ4n) is 4.39. The minimum absolute atomic E-state index is 0.0297. The van der Waals surface area contributed by atoms with Gasteiger partial charge in [-0.05, 0) is 67.1 Å². The lowest BCUT2D eigenvalue weighted by molar-refractivity contribution is -0.117. The van der Waals surface area contributed by atoms with Crippen LogP contribution in [0.15, 0.2) is 36.4 Å². The standard InChI is InChI=1S/C25H33ClN2O2/c1-4-18-12-15-22(26)21(5-2)25(18)27-24(29)17-28-16-8-6-7-9-23(28)19-10-13-20(30-3)14-11-19/h10-15,23H,4-9,16-17H2,1-3H3,(H,27,29). The molecule has 1 N–H and O–H groups in total. The maximum atomic E-state index is 13.1. The summed E-state index contributed by atoms with van der Waals surface area (Å²) in [4.78, 5) is 15.4.